The highest BCUT2D eigenvalue weighted by Gasteiger charge is 2.27. The van der Waals surface area contributed by atoms with E-state index in [1.54, 1.807) is 6.08 Å². The molecule has 1 aromatic rings. The third-order valence-electron chi connectivity index (χ3n) is 3.30. The molecule has 1 N–H and O–H groups in total. The summed E-state index contributed by atoms with van der Waals surface area (Å²) in [6, 6.07) is 8.58. The minimum Gasteiger partial charge on any atom is -0.303 e. The van der Waals surface area contributed by atoms with E-state index in [0.717, 1.165) is 12.2 Å². The molecule has 2 unspecified atom stereocenters. The van der Waals surface area contributed by atoms with Crippen molar-refractivity contribution in [1.82, 2.24) is 5.32 Å². The van der Waals surface area contributed by atoms with Crippen LogP contribution in [0, 0.1) is 0 Å². The zero-order valence-corrected chi connectivity index (χ0v) is 11.5. The number of sulfone groups is 1. The van der Waals surface area contributed by atoms with Gasteiger partial charge in [-0.2, -0.15) is 0 Å². The standard InChI is InChI=1S/C13H15NO2S2/c15-18(16)8-6-10(9-18)14-12-5-7-17-13-4-2-1-3-11(12)13/h1-4,6,8,10,12,14H,5,7,9H2. The van der Waals surface area contributed by atoms with Crippen molar-refractivity contribution in [2.75, 3.05) is 11.5 Å². The molecular weight excluding hydrogens is 266 g/mol. The summed E-state index contributed by atoms with van der Waals surface area (Å²) in [6.07, 6.45) is 2.81. The molecule has 2 heterocycles. The van der Waals surface area contributed by atoms with Crippen LogP contribution < -0.4 is 5.32 Å². The highest BCUT2D eigenvalue weighted by atomic mass is 32.2. The second-order valence-corrected chi connectivity index (χ2v) is 7.73. The SMILES string of the molecule is O=S1(=O)C=CC(NC2CCSc3ccccc32)C1. The lowest BCUT2D eigenvalue weighted by molar-refractivity contribution is 0.484. The van der Waals surface area contributed by atoms with Crippen LogP contribution in [0.4, 0.5) is 0 Å². The Balaban J connectivity index is 1.78. The molecule has 0 fully saturated rings. The summed E-state index contributed by atoms with van der Waals surface area (Å²) in [5, 5.41) is 4.78. The number of thioether (sulfide) groups is 1. The molecule has 0 bridgehead atoms. The Morgan fingerprint density at radius 2 is 2.11 bits per heavy atom. The second kappa shape index (κ2) is 4.72. The minimum absolute atomic E-state index is 0.0452. The van der Waals surface area contributed by atoms with E-state index in [4.69, 9.17) is 0 Å². The largest absolute Gasteiger partial charge is 0.303 e. The van der Waals surface area contributed by atoms with E-state index in [1.807, 2.05) is 23.9 Å². The molecule has 0 saturated carbocycles. The molecule has 96 valence electrons. The van der Waals surface area contributed by atoms with Crippen LogP contribution in [-0.4, -0.2) is 26.0 Å². The molecule has 0 spiro atoms. The quantitative estimate of drug-likeness (QED) is 0.902. The van der Waals surface area contributed by atoms with Gasteiger partial charge in [0.15, 0.2) is 9.84 Å². The molecule has 18 heavy (non-hydrogen) atoms. The lowest BCUT2D eigenvalue weighted by Crippen LogP contribution is -2.35. The second-order valence-electron chi connectivity index (χ2n) is 4.66. The van der Waals surface area contributed by atoms with Crippen molar-refractivity contribution < 1.29 is 8.42 Å². The zero-order chi connectivity index (χ0) is 12.6. The zero-order valence-electron chi connectivity index (χ0n) is 9.87. The molecule has 1 aromatic carbocycles. The highest BCUT2D eigenvalue weighted by molar-refractivity contribution is 7.99. The van der Waals surface area contributed by atoms with Gasteiger partial charge in [0.05, 0.1) is 5.75 Å². The third kappa shape index (κ3) is 2.48. The Hall–Kier alpha value is -0.780. The molecule has 2 aliphatic rings. The summed E-state index contributed by atoms with van der Waals surface area (Å²) in [5.41, 5.74) is 1.30. The molecule has 3 nitrogen and oxygen atoms in total. The van der Waals surface area contributed by atoms with Crippen molar-refractivity contribution in [2.45, 2.75) is 23.4 Å². The Bertz CT molecular complexity index is 580. The maximum Gasteiger partial charge on any atom is 0.173 e. The first-order valence-corrected chi connectivity index (χ1v) is 8.73. The van der Waals surface area contributed by atoms with Crippen LogP contribution in [0.15, 0.2) is 40.6 Å². The van der Waals surface area contributed by atoms with Crippen LogP contribution in [-0.2, 0) is 9.84 Å². The van der Waals surface area contributed by atoms with Crippen LogP contribution in [0.25, 0.3) is 0 Å². The lowest BCUT2D eigenvalue weighted by Gasteiger charge is -2.28. The maximum atomic E-state index is 11.4. The van der Waals surface area contributed by atoms with Gasteiger partial charge in [-0.3, -0.25) is 0 Å². The summed E-state index contributed by atoms with van der Waals surface area (Å²) in [6.45, 7) is 0. The Labute approximate surface area is 112 Å². The van der Waals surface area contributed by atoms with Crippen LogP contribution in [0.5, 0.6) is 0 Å². The van der Waals surface area contributed by atoms with Gasteiger partial charge >= 0.3 is 0 Å². The van der Waals surface area contributed by atoms with E-state index >= 15 is 0 Å². The number of hydrogen-bond donors (Lipinski definition) is 1. The normalized spacial score (nSPS) is 29.1. The van der Waals surface area contributed by atoms with E-state index in [0.29, 0.717) is 0 Å². The maximum absolute atomic E-state index is 11.4. The Kier molecular flexibility index (Phi) is 3.21. The number of hydrogen-bond acceptors (Lipinski definition) is 4. The summed E-state index contributed by atoms with van der Waals surface area (Å²) in [7, 11) is -2.97. The van der Waals surface area contributed by atoms with Crippen molar-refractivity contribution >= 4 is 21.6 Å². The molecular formula is C13H15NO2S2. The lowest BCUT2D eigenvalue weighted by atomic mass is 10.0. The fourth-order valence-corrected chi connectivity index (χ4v) is 4.83. The predicted octanol–water partition coefficient (Wildman–Crippen LogP) is 2.12. The van der Waals surface area contributed by atoms with Crippen LogP contribution >= 0.6 is 11.8 Å². The summed E-state index contributed by atoms with van der Waals surface area (Å²) in [5.74, 6) is 1.27. The van der Waals surface area contributed by atoms with E-state index in [-0.39, 0.29) is 17.8 Å². The van der Waals surface area contributed by atoms with Gasteiger partial charge in [-0.1, -0.05) is 24.3 Å². The van der Waals surface area contributed by atoms with Gasteiger partial charge in [0.1, 0.15) is 0 Å². The highest BCUT2D eigenvalue weighted by Crippen LogP contribution is 2.36. The van der Waals surface area contributed by atoms with Gasteiger partial charge in [0.25, 0.3) is 0 Å². The van der Waals surface area contributed by atoms with Gasteiger partial charge in [0, 0.05) is 22.4 Å². The first-order chi connectivity index (χ1) is 8.64. The topological polar surface area (TPSA) is 46.2 Å². The molecule has 0 aliphatic carbocycles. The number of rotatable bonds is 2. The first kappa shape index (κ1) is 12.3. The van der Waals surface area contributed by atoms with Crippen LogP contribution in [0.1, 0.15) is 18.0 Å². The Morgan fingerprint density at radius 1 is 1.28 bits per heavy atom. The molecule has 0 saturated heterocycles. The first-order valence-electron chi connectivity index (χ1n) is 6.03. The summed E-state index contributed by atoms with van der Waals surface area (Å²) < 4.78 is 22.8. The van der Waals surface area contributed by atoms with Crippen molar-refractivity contribution in [2.24, 2.45) is 0 Å². The van der Waals surface area contributed by atoms with Gasteiger partial charge in [-0.05, 0) is 23.8 Å². The third-order valence-corrected chi connectivity index (χ3v) is 5.82. The van der Waals surface area contributed by atoms with E-state index in [1.165, 1.54) is 15.9 Å². The number of fused-ring (bicyclic) bond motifs is 1. The van der Waals surface area contributed by atoms with Crippen molar-refractivity contribution in [3.8, 4) is 0 Å². The van der Waals surface area contributed by atoms with Crippen LogP contribution in [0.3, 0.4) is 0 Å². The average molecular weight is 281 g/mol. The van der Waals surface area contributed by atoms with Crippen molar-refractivity contribution in [1.29, 1.82) is 0 Å². The van der Waals surface area contributed by atoms with Gasteiger partial charge < -0.3 is 5.32 Å². The molecule has 2 atom stereocenters. The fourth-order valence-electron chi connectivity index (χ4n) is 2.45. The van der Waals surface area contributed by atoms with Gasteiger partial charge in [0.2, 0.25) is 0 Å². The minimum atomic E-state index is -2.97. The average Bonchev–Trinajstić information content (AvgIpc) is 2.69. The molecule has 0 amide bonds. The predicted molar refractivity (Wildman–Crippen MR) is 74.4 cm³/mol. The molecule has 2 aliphatic heterocycles. The van der Waals surface area contributed by atoms with E-state index in [2.05, 4.69) is 17.4 Å². The van der Waals surface area contributed by atoms with Crippen molar-refractivity contribution in [3.05, 3.63) is 41.3 Å². The van der Waals surface area contributed by atoms with E-state index in [9.17, 15) is 8.42 Å². The van der Waals surface area contributed by atoms with E-state index < -0.39 is 9.84 Å². The number of benzene rings is 1. The molecule has 0 radical (unpaired) electrons. The summed E-state index contributed by atoms with van der Waals surface area (Å²) >= 11 is 1.87. The molecule has 5 heteroatoms. The van der Waals surface area contributed by atoms with Crippen LogP contribution in [0.2, 0.25) is 0 Å². The number of nitrogens with one attached hydrogen (secondary N) is 1. The molecule has 3 rings (SSSR count). The van der Waals surface area contributed by atoms with Crippen molar-refractivity contribution in [3.63, 3.8) is 0 Å². The van der Waals surface area contributed by atoms with Gasteiger partial charge in [-0.15, -0.1) is 11.8 Å². The smallest absolute Gasteiger partial charge is 0.173 e. The summed E-state index contributed by atoms with van der Waals surface area (Å²) in [4.78, 5) is 1.31. The monoisotopic (exact) mass is 281 g/mol. The molecule has 0 aromatic heterocycles. The van der Waals surface area contributed by atoms with Gasteiger partial charge in [-0.25, -0.2) is 8.42 Å². The Morgan fingerprint density at radius 3 is 2.89 bits per heavy atom. The fraction of sp³-hybridized carbons (Fsp3) is 0.385.